The molecule has 3 rings (SSSR count). The van der Waals surface area contributed by atoms with Crippen molar-refractivity contribution in [1.29, 1.82) is 0 Å². The van der Waals surface area contributed by atoms with Crippen molar-refractivity contribution in [2.24, 2.45) is 0 Å². The van der Waals surface area contributed by atoms with Gasteiger partial charge in [-0.05, 0) is 6.07 Å². The van der Waals surface area contributed by atoms with Crippen LogP contribution < -0.4 is 9.64 Å². The number of hydrogen-bond acceptors (Lipinski definition) is 6. The van der Waals surface area contributed by atoms with Crippen molar-refractivity contribution in [2.75, 3.05) is 25.2 Å². The first-order valence-electron chi connectivity index (χ1n) is 6.66. The van der Waals surface area contributed by atoms with Gasteiger partial charge in [0.25, 0.3) is 5.91 Å². The maximum Gasteiger partial charge on any atom is 0.513 e. The van der Waals surface area contributed by atoms with Crippen molar-refractivity contribution >= 4 is 35.4 Å². The molecule has 0 aromatic heterocycles. The standard InChI is InChI=1S/C14H10ClFN2O6/c1-22-14(21)24-11-5-9(8(16)4-7(11)15)18-12(19)10-6-23-3-2-17(10)13(18)20/h4-6H,2-3H2,1H3. The minimum atomic E-state index is -1.08. The molecule has 2 heterocycles. The van der Waals surface area contributed by atoms with Gasteiger partial charge in [-0.15, -0.1) is 0 Å². The number of carbonyl (C=O) groups is 3. The van der Waals surface area contributed by atoms with E-state index in [0.29, 0.717) is 4.90 Å². The third-order valence-electron chi connectivity index (χ3n) is 3.37. The van der Waals surface area contributed by atoms with E-state index in [2.05, 4.69) is 4.74 Å². The molecular formula is C14H10ClFN2O6. The number of carbonyl (C=O) groups excluding carboxylic acids is 3. The highest BCUT2D eigenvalue weighted by atomic mass is 35.5. The van der Waals surface area contributed by atoms with Gasteiger partial charge in [-0.1, -0.05) is 11.6 Å². The molecule has 0 bridgehead atoms. The van der Waals surface area contributed by atoms with Gasteiger partial charge in [-0.3, -0.25) is 9.69 Å². The number of amides is 3. The molecule has 0 N–H and O–H groups in total. The quantitative estimate of drug-likeness (QED) is 0.459. The maximum atomic E-state index is 14.3. The summed E-state index contributed by atoms with van der Waals surface area (Å²) in [4.78, 5) is 37.7. The molecule has 0 saturated carbocycles. The van der Waals surface area contributed by atoms with Gasteiger partial charge in [0.15, 0.2) is 5.75 Å². The molecular weight excluding hydrogens is 347 g/mol. The Hall–Kier alpha value is -2.81. The number of methoxy groups -OCH3 is 1. The molecule has 0 unspecified atom stereocenters. The Kier molecular flexibility index (Phi) is 4.02. The normalized spacial score (nSPS) is 16.5. The first-order valence-corrected chi connectivity index (χ1v) is 7.04. The average molecular weight is 357 g/mol. The van der Waals surface area contributed by atoms with Crippen LogP contribution in [0.3, 0.4) is 0 Å². The number of hydrogen-bond donors (Lipinski definition) is 0. The number of nitrogens with zero attached hydrogens (tertiary/aromatic N) is 2. The van der Waals surface area contributed by atoms with E-state index in [4.69, 9.17) is 21.1 Å². The fraction of sp³-hybridized carbons (Fsp3) is 0.214. The van der Waals surface area contributed by atoms with E-state index in [9.17, 15) is 18.8 Å². The predicted molar refractivity (Wildman–Crippen MR) is 78.1 cm³/mol. The molecule has 8 nitrogen and oxygen atoms in total. The summed E-state index contributed by atoms with van der Waals surface area (Å²) in [6, 6.07) is 1.07. The summed E-state index contributed by atoms with van der Waals surface area (Å²) >= 11 is 5.80. The Bertz CT molecular complexity index is 781. The SMILES string of the molecule is COC(=O)Oc1cc(N2C(=O)C3=COCCN3C2=O)c(F)cc1Cl. The van der Waals surface area contributed by atoms with Crippen LogP contribution in [0.15, 0.2) is 24.1 Å². The smallest absolute Gasteiger partial charge is 0.497 e. The second-order valence-electron chi connectivity index (χ2n) is 4.74. The van der Waals surface area contributed by atoms with Crippen LogP contribution in [0.2, 0.25) is 5.02 Å². The lowest BCUT2D eigenvalue weighted by Gasteiger charge is -2.20. The number of fused-ring (bicyclic) bond motifs is 1. The van der Waals surface area contributed by atoms with Gasteiger partial charge in [0, 0.05) is 6.07 Å². The number of ether oxygens (including phenoxy) is 3. The molecule has 10 heteroatoms. The van der Waals surface area contributed by atoms with Gasteiger partial charge in [0.2, 0.25) is 0 Å². The second-order valence-corrected chi connectivity index (χ2v) is 5.15. The van der Waals surface area contributed by atoms with Gasteiger partial charge >= 0.3 is 12.2 Å². The van der Waals surface area contributed by atoms with E-state index in [1.165, 1.54) is 4.90 Å². The van der Waals surface area contributed by atoms with Crippen LogP contribution >= 0.6 is 11.6 Å². The predicted octanol–water partition coefficient (Wildman–Crippen LogP) is 2.26. The summed E-state index contributed by atoms with van der Waals surface area (Å²) in [5, 5.41) is -0.221. The molecule has 0 atom stereocenters. The fourth-order valence-electron chi connectivity index (χ4n) is 2.26. The van der Waals surface area contributed by atoms with Crippen LogP contribution in [0, 0.1) is 5.82 Å². The van der Waals surface area contributed by atoms with E-state index in [-0.39, 0.29) is 29.6 Å². The molecule has 2 aliphatic rings. The minimum absolute atomic E-state index is 0.00367. The number of benzene rings is 1. The highest BCUT2D eigenvalue weighted by Crippen LogP contribution is 2.36. The van der Waals surface area contributed by atoms with Gasteiger partial charge < -0.3 is 14.2 Å². The van der Waals surface area contributed by atoms with Crippen molar-refractivity contribution in [2.45, 2.75) is 0 Å². The van der Waals surface area contributed by atoms with Crippen LogP contribution in [0.1, 0.15) is 0 Å². The Morgan fingerprint density at radius 3 is 2.79 bits per heavy atom. The molecule has 24 heavy (non-hydrogen) atoms. The highest BCUT2D eigenvalue weighted by Gasteiger charge is 2.44. The van der Waals surface area contributed by atoms with Gasteiger partial charge in [0.05, 0.1) is 24.4 Å². The molecule has 1 fully saturated rings. The number of imide groups is 1. The van der Waals surface area contributed by atoms with Crippen LogP contribution in [-0.4, -0.2) is 43.3 Å². The summed E-state index contributed by atoms with van der Waals surface area (Å²) in [5.41, 5.74) is -0.403. The summed E-state index contributed by atoms with van der Waals surface area (Å²) < 4.78 is 28.4. The maximum absolute atomic E-state index is 14.3. The van der Waals surface area contributed by atoms with Crippen molar-refractivity contribution < 1.29 is 33.0 Å². The number of rotatable bonds is 2. The Balaban J connectivity index is 2.03. The average Bonchev–Trinajstić information content (AvgIpc) is 2.82. The van der Waals surface area contributed by atoms with Crippen LogP contribution in [0.5, 0.6) is 5.75 Å². The van der Waals surface area contributed by atoms with Crippen LogP contribution in [-0.2, 0) is 14.3 Å². The number of urea groups is 1. The monoisotopic (exact) mass is 356 g/mol. The topological polar surface area (TPSA) is 85.4 Å². The van der Waals surface area contributed by atoms with E-state index in [0.717, 1.165) is 25.5 Å². The lowest BCUT2D eigenvalue weighted by Crippen LogP contribution is -2.35. The molecule has 3 amide bonds. The molecule has 1 saturated heterocycles. The van der Waals surface area contributed by atoms with Crippen LogP contribution in [0.4, 0.5) is 19.7 Å². The van der Waals surface area contributed by atoms with E-state index >= 15 is 0 Å². The molecule has 1 aromatic rings. The van der Waals surface area contributed by atoms with Crippen molar-refractivity contribution in [3.8, 4) is 5.75 Å². The fourth-order valence-corrected chi connectivity index (χ4v) is 2.45. The van der Waals surface area contributed by atoms with Gasteiger partial charge in [-0.25, -0.2) is 18.9 Å². The Labute approximate surface area is 139 Å². The number of halogens is 2. The first-order chi connectivity index (χ1) is 11.4. The van der Waals surface area contributed by atoms with Crippen LogP contribution in [0.25, 0.3) is 0 Å². The zero-order valence-electron chi connectivity index (χ0n) is 12.2. The Morgan fingerprint density at radius 1 is 1.38 bits per heavy atom. The van der Waals surface area contributed by atoms with Crippen molar-refractivity contribution in [1.82, 2.24) is 4.90 Å². The van der Waals surface area contributed by atoms with Gasteiger partial charge in [-0.2, -0.15) is 0 Å². The van der Waals surface area contributed by atoms with Crippen molar-refractivity contribution in [3.05, 3.63) is 34.9 Å². The number of anilines is 1. The molecule has 1 aromatic carbocycles. The molecule has 0 radical (unpaired) electrons. The molecule has 0 spiro atoms. The zero-order chi connectivity index (χ0) is 17.4. The van der Waals surface area contributed by atoms with Crippen molar-refractivity contribution in [3.63, 3.8) is 0 Å². The highest BCUT2D eigenvalue weighted by molar-refractivity contribution is 6.32. The molecule has 0 aliphatic carbocycles. The Morgan fingerprint density at radius 2 is 2.12 bits per heavy atom. The largest absolute Gasteiger partial charge is 0.513 e. The summed E-state index contributed by atoms with van der Waals surface area (Å²) in [5.74, 6) is -1.94. The third-order valence-corrected chi connectivity index (χ3v) is 3.66. The second kappa shape index (κ2) is 6.00. The molecule has 126 valence electrons. The summed E-state index contributed by atoms with van der Waals surface area (Å²) in [6.45, 7) is 0.379. The van der Waals surface area contributed by atoms with E-state index in [1.807, 2.05) is 0 Å². The molecule has 2 aliphatic heterocycles. The minimum Gasteiger partial charge on any atom is -0.497 e. The lowest BCUT2D eigenvalue weighted by atomic mass is 10.2. The lowest BCUT2D eigenvalue weighted by molar-refractivity contribution is -0.114. The zero-order valence-corrected chi connectivity index (χ0v) is 13.0. The van der Waals surface area contributed by atoms with E-state index < -0.39 is 29.6 Å². The first kappa shape index (κ1) is 16.1. The summed E-state index contributed by atoms with van der Waals surface area (Å²) in [6.07, 6.45) is 0.0609. The summed E-state index contributed by atoms with van der Waals surface area (Å²) in [7, 11) is 1.08. The van der Waals surface area contributed by atoms with E-state index in [1.54, 1.807) is 0 Å². The third kappa shape index (κ3) is 2.52. The van der Waals surface area contributed by atoms with Gasteiger partial charge in [0.1, 0.15) is 24.4 Å².